The van der Waals surface area contributed by atoms with Gasteiger partial charge < -0.3 is 5.73 Å². The van der Waals surface area contributed by atoms with Crippen molar-refractivity contribution in [1.29, 1.82) is 0 Å². The molecule has 0 aromatic carbocycles. The number of unbranched alkanes of at least 4 members (excludes halogenated alkanes) is 3. The van der Waals surface area contributed by atoms with Gasteiger partial charge in [-0.1, -0.05) is 18.9 Å². The number of allylic oxidation sites excluding steroid dienone is 1. The molecule has 1 atom stereocenters. The van der Waals surface area contributed by atoms with Gasteiger partial charge in [0.15, 0.2) is 0 Å². The number of rotatable bonds is 7. The van der Waals surface area contributed by atoms with E-state index in [1.54, 1.807) is 0 Å². The van der Waals surface area contributed by atoms with Crippen LogP contribution in [0.3, 0.4) is 0 Å². The molecule has 1 heterocycles. The van der Waals surface area contributed by atoms with Crippen molar-refractivity contribution in [3.05, 3.63) is 30.1 Å². The summed E-state index contributed by atoms with van der Waals surface area (Å²) in [6, 6.07) is 0.137. The predicted octanol–water partition coefficient (Wildman–Crippen LogP) is 2.86. The summed E-state index contributed by atoms with van der Waals surface area (Å²) in [7, 11) is 1.94. The molecule has 1 aromatic rings. The van der Waals surface area contributed by atoms with E-state index in [1.165, 1.54) is 24.8 Å². The van der Waals surface area contributed by atoms with Gasteiger partial charge in [0.1, 0.15) is 0 Å². The number of nitrogens with two attached hydrogens (primary N) is 1. The summed E-state index contributed by atoms with van der Waals surface area (Å²) in [5.74, 6) is 0. The zero-order chi connectivity index (χ0) is 12.0. The van der Waals surface area contributed by atoms with E-state index in [2.05, 4.69) is 11.7 Å². The van der Waals surface area contributed by atoms with Crippen molar-refractivity contribution < 1.29 is 0 Å². The van der Waals surface area contributed by atoms with Crippen LogP contribution < -0.4 is 5.73 Å². The lowest BCUT2D eigenvalue weighted by atomic mass is 10.0. The average Bonchev–Trinajstić information content (AvgIpc) is 2.57. The molecular formula is C13H23N3. The fourth-order valence-corrected chi connectivity index (χ4v) is 1.97. The predicted molar refractivity (Wildman–Crippen MR) is 68.2 cm³/mol. The number of hydrogen-bond acceptors (Lipinski definition) is 2. The summed E-state index contributed by atoms with van der Waals surface area (Å²) >= 11 is 0. The summed E-state index contributed by atoms with van der Waals surface area (Å²) in [5, 5.41) is 4.31. The molecule has 0 amide bonds. The van der Waals surface area contributed by atoms with E-state index < -0.39 is 0 Å². The van der Waals surface area contributed by atoms with Crippen LogP contribution in [0.5, 0.6) is 0 Å². The van der Waals surface area contributed by atoms with E-state index in [-0.39, 0.29) is 6.04 Å². The van der Waals surface area contributed by atoms with Crippen LogP contribution in [0.25, 0.3) is 0 Å². The van der Waals surface area contributed by atoms with E-state index in [1.807, 2.05) is 30.9 Å². The Morgan fingerprint density at radius 3 is 2.81 bits per heavy atom. The quantitative estimate of drug-likeness (QED) is 0.568. The van der Waals surface area contributed by atoms with Gasteiger partial charge in [-0.25, -0.2) is 0 Å². The highest BCUT2D eigenvalue weighted by molar-refractivity contribution is 5.19. The molecule has 0 aliphatic carbocycles. The van der Waals surface area contributed by atoms with Gasteiger partial charge >= 0.3 is 0 Å². The van der Waals surface area contributed by atoms with Crippen LogP contribution in [0.2, 0.25) is 0 Å². The van der Waals surface area contributed by atoms with E-state index in [0.717, 1.165) is 18.5 Å². The third-order valence-electron chi connectivity index (χ3n) is 2.87. The molecule has 1 aromatic heterocycles. The molecule has 0 spiro atoms. The minimum Gasteiger partial charge on any atom is -0.324 e. The number of aromatic nitrogens is 2. The Morgan fingerprint density at radius 2 is 2.25 bits per heavy atom. The van der Waals surface area contributed by atoms with Crippen LogP contribution in [-0.2, 0) is 7.05 Å². The smallest absolute Gasteiger partial charge is 0.0641 e. The van der Waals surface area contributed by atoms with Crippen LogP contribution in [0.15, 0.2) is 18.9 Å². The lowest BCUT2D eigenvalue weighted by Gasteiger charge is -2.09. The maximum Gasteiger partial charge on any atom is 0.0641 e. The monoisotopic (exact) mass is 221 g/mol. The van der Waals surface area contributed by atoms with Crippen LogP contribution in [-0.4, -0.2) is 9.78 Å². The molecule has 0 fully saturated rings. The Morgan fingerprint density at radius 1 is 1.50 bits per heavy atom. The van der Waals surface area contributed by atoms with Gasteiger partial charge in [0.05, 0.1) is 5.69 Å². The Kier molecular flexibility index (Phi) is 5.26. The van der Waals surface area contributed by atoms with E-state index in [4.69, 9.17) is 5.73 Å². The number of nitrogens with zero attached hydrogens (tertiary/aromatic N) is 2. The third kappa shape index (κ3) is 3.81. The van der Waals surface area contributed by atoms with Gasteiger partial charge in [-0.3, -0.25) is 4.68 Å². The average molecular weight is 221 g/mol. The third-order valence-corrected chi connectivity index (χ3v) is 2.87. The molecular weight excluding hydrogens is 198 g/mol. The molecule has 90 valence electrons. The molecule has 3 nitrogen and oxygen atoms in total. The summed E-state index contributed by atoms with van der Waals surface area (Å²) in [4.78, 5) is 0. The highest BCUT2D eigenvalue weighted by Crippen LogP contribution is 2.19. The molecule has 3 heteroatoms. The second-order valence-electron chi connectivity index (χ2n) is 4.38. The van der Waals surface area contributed by atoms with E-state index in [0.29, 0.717) is 0 Å². The van der Waals surface area contributed by atoms with Gasteiger partial charge in [-0.05, 0) is 26.2 Å². The summed E-state index contributed by atoms with van der Waals surface area (Å²) in [5.41, 5.74) is 8.39. The lowest BCUT2D eigenvalue weighted by molar-refractivity contribution is 0.570. The summed E-state index contributed by atoms with van der Waals surface area (Å²) in [6.45, 7) is 5.74. The Balaban J connectivity index is 2.32. The minimum atomic E-state index is 0.137. The van der Waals surface area contributed by atoms with Crippen molar-refractivity contribution in [2.24, 2.45) is 12.8 Å². The molecule has 0 saturated heterocycles. The van der Waals surface area contributed by atoms with Gasteiger partial charge in [0, 0.05) is 24.8 Å². The summed E-state index contributed by atoms with van der Waals surface area (Å²) < 4.78 is 1.84. The van der Waals surface area contributed by atoms with Crippen LogP contribution in [0, 0.1) is 6.92 Å². The molecule has 0 saturated carbocycles. The van der Waals surface area contributed by atoms with E-state index >= 15 is 0 Å². The fraction of sp³-hybridized carbons (Fsp3) is 0.615. The van der Waals surface area contributed by atoms with Gasteiger partial charge in [-0.15, -0.1) is 6.58 Å². The lowest BCUT2D eigenvalue weighted by Crippen LogP contribution is -2.10. The zero-order valence-electron chi connectivity index (χ0n) is 10.4. The first-order chi connectivity index (χ1) is 7.65. The first-order valence-corrected chi connectivity index (χ1v) is 6.01. The molecule has 1 rings (SSSR count). The topological polar surface area (TPSA) is 43.8 Å². The van der Waals surface area contributed by atoms with Gasteiger partial charge in [0.2, 0.25) is 0 Å². The molecule has 0 radical (unpaired) electrons. The highest BCUT2D eigenvalue weighted by atomic mass is 15.2. The molecule has 0 aliphatic rings. The summed E-state index contributed by atoms with van der Waals surface area (Å²) in [6.07, 6.45) is 9.81. The maximum atomic E-state index is 6.15. The Bertz CT molecular complexity index is 328. The molecule has 0 aliphatic heterocycles. The van der Waals surface area contributed by atoms with Gasteiger partial charge in [0.25, 0.3) is 0 Å². The van der Waals surface area contributed by atoms with Crippen molar-refractivity contribution in [3.8, 4) is 0 Å². The van der Waals surface area contributed by atoms with Crippen LogP contribution in [0.1, 0.15) is 49.4 Å². The number of hydrogen-bond donors (Lipinski definition) is 1. The van der Waals surface area contributed by atoms with Crippen molar-refractivity contribution in [3.63, 3.8) is 0 Å². The first kappa shape index (κ1) is 13.0. The van der Waals surface area contributed by atoms with Crippen LogP contribution in [0.4, 0.5) is 0 Å². The largest absolute Gasteiger partial charge is 0.324 e. The van der Waals surface area contributed by atoms with Crippen molar-refractivity contribution in [2.75, 3.05) is 0 Å². The van der Waals surface area contributed by atoms with Crippen molar-refractivity contribution in [1.82, 2.24) is 9.78 Å². The van der Waals surface area contributed by atoms with E-state index in [9.17, 15) is 0 Å². The Labute approximate surface area is 98.3 Å². The Hall–Kier alpha value is -1.09. The maximum absolute atomic E-state index is 6.15. The second-order valence-corrected chi connectivity index (χ2v) is 4.38. The normalized spacial score (nSPS) is 12.7. The zero-order valence-corrected chi connectivity index (χ0v) is 10.4. The molecule has 1 unspecified atom stereocenters. The SMILES string of the molecule is C=CCCCCCC(N)c1cn(C)nc1C. The fourth-order valence-electron chi connectivity index (χ4n) is 1.97. The minimum absolute atomic E-state index is 0.137. The molecule has 0 bridgehead atoms. The second kappa shape index (κ2) is 6.48. The van der Waals surface area contributed by atoms with Crippen molar-refractivity contribution >= 4 is 0 Å². The van der Waals surface area contributed by atoms with Gasteiger partial charge in [-0.2, -0.15) is 5.10 Å². The first-order valence-electron chi connectivity index (χ1n) is 6.01. The van der Waals surface area contributed by atoms with Crippen molar-refractivity contribution in [2.45, 2.75) is 45.1 Å². The standard InChI is InChI=1S/C13H23N3/c1-4-5-6-7-8-9-13(14)12-10-16(3)15-11(12)2/h4,10,13H,1,5-9,14H2,2-3H3. The molecule has 2 N–H and O–H groups in total. The molecule has 16 heavy (non-hydrogen) atoms. The number of aryl methyl sites for hydroxylation is 2. The van der Waals surface area contributed by atoms with Crippen LogP contribution >= 0.6 is 0 Å². The highest BCUT2D eigenvalue weighted by Gasteiger charge is 2.11.